The molecule has 1 rings (SSSR count). The molecule has 86 valence electrons. The van der Waals surface area contributed by atoms with Crippen LogP contribution < -0.4 is 0 Å². The van der Waals surface area contributed by atoms with Gasteiger partial charge < -0.3 is 9.64 Å². The second-order valence-electron chi connectivity index (χ2n) is 4.78. The number of rotatable bonds is 2. The number of likely N-dealkylation sites (tertiary alicyclic amines) is 1. The topological polar surface area (TPSA) is 59.0 Å². The van der Waals surface area contributed by atoms with Gasteiger partial charge >= 0.3 is 6.09 Å². The van der Waals surface area contributed by atoms with E-state index in [9.17, 15) is 9.70 Å². The first kappa shape index (κ1) is 11.9. The molecule has 0 N–H and O–H groups in total. The minimum absolute atomic E-state index is 0.0719. The fourth-order valence-corrected chi connectivity index (χ4v) is 1.67. The molecular weight excluding hydrogens is 196 g/mol. The lowest BCUT2D eigenvalue weighted by Gasteiger charge is -2.27. The van der Waals surface area contributed by atoms with Gasteiger partial charge in [0.2, 0.25) is 0 Å². The molecule has 0 aromatic rings. The van der Waals surface area contributed by atoms with Gasteiger partial charge in [0.15, 0.2) is 0 Å². The highest BCUT2D eigenvalue weighted by Gasteiger charge is 2.32. The molecule has 1 aliphatic rings. The van der Waals surface area contributed by atoms with Gasteiger partial charge in [0, 0.05) is 6.54 Å². The molecule has 1 amide bonds. The molecule has 15 heavy (non-hydrogen) atoms. The van der Waals surface area contributed by atoms with Gasteiger partial charge in [-0.2, -0.15) is 4.91 Å². The predicted octanol–water partition coefficient (Wildman–Crippen LogP) is 2.15. The summed E-state index contributed by atoms with van der Waals surface area (Å²) in [4.78, 5) is 23.5. The maximum absolute atomic E-state index is 11.7. The summed E-state index contributed by atoms with van der Waals surface area (Å²) >= 11 is 0. The summed E-state index contributed by atoms with van der Waals surface area (Å²) < 4.78 is 5.24. The van der Waals surface area contributed by atoms with Crippen molar-refractivity contribution in [2.24, 2.45) is 5.18 Å². The molecule has 5 nitrogen and oxygen atoms in total. The highest BCUT2D eigenvalue weighted by Crippen LogP contribution is 2.20. The number of nitrogens with zero attached hydrogens (tertiary/aromatic N) is 2. The number of carbonyl (C=O) groups is 1. The van der Waals surface area contributed by atoms with Crippen LogP contribution in [0.2, 0.25) is 0 Å². The number of hydrogen-bond acceptors (Lipinski definition) is 4. The number of carbonyl (C=O) groups excluding carboxylic acids is 1. The van der Waals surface area contributed by atoms with Crippen molar-refractivity contribution >= 4 is 6.09 Å². The average molecular weight is 214 g/mol. The lowest BCUT2D eigenvalue weighted by Crippen LogP contribution is -2.40. The Morgan fingerprint density at radius 3 is 2.73 bits per heavy atom. The average Bonchev–Trinajstić information content (AvgIpc) is 2.49. The molecule has 1 fully saturated rings. The van der Waals surface area contributed by atoms with Gasteiger partial charge in [0.1, 0.15) is 12.1 Å². The molecule has 0 unspecified atom stereocenters. The fourth-order valence-electron chi connectivity index (χ4n) is 1.67. The van der Waals surface area contributed by atoms with Crippen LogP contribution in [0.25, 0.3) is 0 Å². The molecule has 1 aliphatic heterocycles. The van der Waals surface area contributed by atoms with Crippen molar-refractivity contribution in [2.45, 2.75) is 45.3 Å². The van der Waals surface area contributed by atoms with E-state index < -0.39 is 5.60 Å². The normalized spacial score (nSPS) is 21.5. The number of amides is 1. The van der Waals surface area contributed by atoms with Gasteiger partial charge in [0.05, 0.1) is 6.04 Å². The largest absolute Gasteiger partial charge is 0.444 e. The van der Waals surface area contributed by atoms with Crippen molar-refractivity contribution < 1.29 is 9.53 Å². The van der Waals surface area contributed by atoms with Gasteiger partial charge in [-0.15, -0.1) is 0 Å². The van der Waals surface area contributed by atoms with E-state index in [1.165, 1.54) is 0 Å². The summed E-state index contributed by atoms with van der Waals surface area (Å²) in [5, 5.41) is 2.85. The summed E-state index contributed by atoms with van der Waals surface area (Å²) in [6.07, 6.45) is 1.42. The standard InChI is InChI=1S/C10H18N2O3/c1-10(2,3)15-9(13)12-6-4-5-8(12)7-11-14/h8H,4-7H2,1-3H3/t8-/m1/s1. The summed E-state index contributed by atoms with van der Waals surface area (Å²) in [6.45, 7) is 6.31. The van der Waals surface area contributed by atoms with Crippen LogP contribution in [0.4, 0.5) is 4.79 Å². The second kappa shape index (κ2) is 4.59. The predicted molar refractivity (Wildman–Crippen MR) is 56.6 cm³/mol. The van der Waals surface area contributed by atoms with Gasteiger partial charge in [-0.05, 0) is 33.6 Å². The molecule has 0 bridgehead atoms. The molecule has 0 aliphatic carbocycles. The zero-order valence-electron chi connectivity index (χ0n) is 9.52. The summed E-state index contributed by atoms with van der Waals surface area (Å²) in [5.41, 5.74) is -0.487. The zero-order chi connectivity index (χ0) is 11.5. The van der Waals surface area contributed by atoms with E-state index >= 15 is 0 Å². The minimum Gasteiger partial charge on any atom is -0.444 e. The van der Waals surface area contributed by atoms with Gasteiger partial charge in [-0.1, -0.05) is 5.18 Å². The first-order valence-electron chi connectivity index (χ1n) is 5.23. The minimum atomic E-state index is -0.487. The van der Waals surface area contributed by atoms with Crippen molar-refractivity contribution in [3.63, 3.8) is 0 Å². The van der Waals surface area contributed by atoms with E-state index in [4.69, 9.17) is 4.74 Å². The van der Waals surface area contributed by atoms with Crippen molar-refractivity contribution in [1.82, 2.24) is 4.90 Å². The van der Waals surface area contributed by atoms with E-state index in [1.54, 1.807) is 4.90 Å². The molecule has 0 aromatic carbocycles. The molecular formula is C10H18N2O3. The summed E-state index contributed by atoms with van der Waals surface area (Å²) in [6, 6.07) is -0.0719. The van der Waals surface area contributed by atoms with Crippen molar-refractivity contribution in [2.75, 3.05) is 13.1 Å². The van der Waals surface area contributed by atoms with Crippen LogP contribution in [0.1, 0.15) is 33.6 Å². The third-order valence-corrected chi connectivity index (χ3v) is 2.29. The molecule has 5 heteroatoms. The molecule has 0 saturated carbocycles. The van der Waals surface area contributed by atoms with E-state index in [1.807, 2.05) is 20.8 Å². The van der Waals surface area contributed by atoms with Crippen LogP contribution in [0.15, 0.2) is 5.18 Å². The van der Waals surface area contributed by atoms with Gasteiger partial charge in [-0.3, -0.25) is 0 Å². The second-order valence-corrected chi connectivity index (χ2v) is 4.78. The smallest absolute Gasteiger partial charge is 0.410 e. The van der Waals surface area contributed by atoms with Crippen molar-refractivity contribution in [3.05, 3.63) is 4.91 Å². The molecule has 1 saturated heterocycles. The Labute approximate surface area is 89.7 Å². The number of ether oxygens (including phenoxy) is 1. The fraction of sp³-hybridized carbons (Fsp3) is 0.900. The molecule has 1 atom stereocenters. The van der Waals surface area contributed by atoms with E-state index in [-0.39, 0.29) is 18.7 Å². The first-order chi connectivity index (χ1) is 6.94. The maximum Gasteiger partial charge on any atom is 0.410 e. The monoisotopic (exact) mass is 214 g/mol. The van der Waals surface area contributed by atoms with Gasteiger partial charge in [-0.25, -0.2) is 4.79 Å². The molecule has 0 spiro atoms. The number of nitroso groups, excluding NO2 is 1. The lowest BCUT2D eigenvalue weighted by molar-refractivity contribution is 0.0232. The Morgan fingerprint density at radius 2 is 2.20 bits per heavy atom. The Bertz CT molecular complexity index is 248. The van der Waals surface area contributed by atoms with Crippen LogP contribution in [-0.4, -0.2) is 35.7 Å². The Hall–Kier alpha value is -1.13. The Balaban J connectivity index is 2.54. The van der Waals surface area contributed by atoms with Gasteiger partial charge in [0.25, 0.3) is 0 Å². The molecule has 1 heterocycles. The highest BCUT2D eigenvalue weighted by molar-refractivity contribution is 5.69. The quantitative estimate of drug-likeness (QED) is 0.662. The van der Waals surface area contributed by atoms with Crippen molar-refractivity contribution in [3.8, 4) is 0 Å². The third kappa shape index (κ3) is 3.49. The van der Waals surface area contributed by atoms with E-state index in [0.717, 1.165) is 12.8 Å². The van der Waals surface area contributed by atoms with Crippen LogP contribution in [0.5, 0.6) is 0 Å². The third-order valence-electron chi connectivity index (χ3n) is 2.29. The Morgan fingerprint density at radius 1 is 1.53 bits per heavy atom. The van der Waals surface area contributed by atoms with Crippen LogP contribution in [0.3, 0.4) is 0 Å². The van der Waals surface area contributed by atoms with Crippen LogP contribution in [-0.2, 0) is 4.74 Å². The van der Waals surface area contributed by atoms with Crippen molar-refractivity contribution in [1.29, 1.82) is 0 Å². The van der Waals surface area contributed by atoms with E-state index in [0.29, 0.717) is 6.54 Å². The van der Waals surface area contributed by atoms with E-state index in [2.05, 4.69) is 5.18 Å². The first-order valence-corrected chi connectivity index (χ1v) is 5.23. The van der Waals surface area contributed by atoms with Crippen LogP contribution in [0, 0.1) is 4.91 Å². The van der Waals surface area contributed by atoms with Crippen LogP contribution >= 0.6 is 0 Å². The highest BCUT2D eigenvalue weighted by atomic mass is 16.6. The number of hydrogen-bond donors (Lipinski definition) is 0. The molecule has 0 radical (unpaired) electrons. The maximum atomic E-state index is 11.7. The zero-order valence-corrected chi connectivity index (χ0v) is 9.52. The lowest BCUT2D eigenvalue weighted by atomic mass is 10.2. The summed E-state index contributed by atoms with van der Waals surface area (Å²) in [5.74, 6) is 0. The summed E-state index contributed by atoms with van der Waals surface area (Å²) in [7, 11) is 0. The Kier molecular flexibility index (Phi) is 3.66. The molecule has 0 aromatic heterocycles. The SMILES string of the molecule is CC(C)(C)OC(=O)N1CCC[C@@H]1CN=O.